The van der Waals surface area contributed by atoms with Crippen molar-refractivity contribution in [3.8, 4) is 0 Å². The lowest BCUT2D eigenvalue weighted by atomic mass is 10.0. The third kappa shape index (κ3) is 4.80. The lowest BCUT2D eigenvalue weighted by molar-refractivity contribution is 0.0601. The Hall–Kier alpha value is -2.40. The molecule has 0 aliphatic heterocycles. The fourth-order valence-corrected chi connectivity index (χ4v) is 2.65. The SMILES string of the molecule is CCC(NC(=S)Nc1cccc(C(=O)OC)c1)c1ccc(C)cc1. The molecule has 0 bridgehead atoms. The van der Waals surface area contributed by atoms with Crippen LogP contribution in [0.4, 0.5) is 5.69 Å². The summed E-state index contributed by atoms with van der Waals surface area (Å²) in [5.74, 6) is -0.372. The quantitative estimate of drug-likeness (QED) is 0.629. The average Bonchev–Trinajstić information content (AvgIpc) is 2.60. The minimum absolute atomic E-state index is 0.134. The van der Waals surface area contributed by atoms with Crippen molar-refractivity contribution < 1.29 is 9.53 Å². The van der Waals surface area contributed by atoms with Gasteiger partial charge >= 0.3 is 5.97 Å². The van der Waals surface area contributed by atoms with Gasteiger partial charge in [0.25, 0.3) is 0 Å². The Morgan fingerprint density at radius 2 is 1.92 bits per heavy atom. The number of ether oxygens (including phenoxy) is 1. The monoisotopic (exact) mass is 342 g/mol. The van der Waals surface area contributed by atoms with Crippen molar-refractivity contribution in [1.29, 1.82) is 0 Å². The maximum absolute atomic E-state index is 11.6. The fourth-order valence-electron chi connectivity index (χ4n) is 2.39. The fraction of sp³-hybridized carbons (Fsp3) is 0.263. The van der Waals surface area contributed by atoms with Crippen LogP contribution in [-0.4, -0.2) is 18.2 Å². The van der Waals surface area contributed by atoms with Crippen LogP contribution >= 0.6 is 12.2 Å². The van der Waals surface area contributed by atoms with Crippen LogP contribution in [0.15, 0.2) is 48.5 Å². The number of aryl methyl sites for hydroxylation is 1. The molecule has 0 amide bonds. The molecule has 5 heteroatoms. The van der Waals surface area contributed by atoms with E-state index in [1.54, 1.807) is 18.2 Å². The van der Waals surface area contributed by atoms with E-state index in [9.17, 15) is 4.79 Å². The van der Waals surface area contributed by atoms with E-state index >= 15 is 0 Å². The molecule has 2 N–H and O–H groups in total. The number of thiocarbonyl (C=S) groups is 1. The van der Waals surface area contributed by atoms with Crippen molar-refractivity contribution in [3.05, 3.63) is 65.2 Å². The van der Waals surface area contributed by atoms with Crippen LogP contribution < -0.4 is 10.6 Å². The third-order valence-electron chi connectivity index (χ3n) is 3.73. The molecule has 2 aromatic rings. The largest absolute Gasteiger partial charge is 0.465 e. The molecule has 2 aromatic carbocycles. The van der Waals surface area contributed by atoms with Gasteiger partial charge in [-0.25, -0.2) is 4.79 Å². The first-order valence-corrected chi connectivity index (χ1v) is 8.26. The summed E-state index contributed by atoms with van der Waals surface area (Å²) in [6, 6.07) is 15.6. The first kappa shape index (κ1) is 17.9. The van der Waals surface area contributed by atoms with Crippen molar-refractivity contribution in [1.82, 2.24) is 5.32 Å². The Morgan fingerprint density at radius 1 is 1.21 bits per heavy atom. The molecule has 24 heavy (non-hydrogen) atoms. The molecule has 0 saturated carbocycles. The molecule has 0 aromatic heterocycles. The number of esters is 1. The summed E-state index contributed by atoms with van der Waals surface area (Å²) < 4.78 is 4.73. The number of rotatable bonds is 5. The predicted molar refractivity (Wildman–Crippen MR) is 101 cm³/mol. The molecule has 2 rings (SSSR count). The van der Waals surface area contributed by atoms with E-state index in [1.807, 2.05) is 6.07 Å². The zero-order chi connectivity index (χ0) is 17.5. The van der Waals surface area contributed by atoms with Crippen LogP contribution in [0, 0.1) is 6.92 Å². The molecule has 0 saturated heterocycles. The van der Waals surface area contributed by atoms with E-state index in [0.717, 1.165) is 12.1 Å². The Morgan fingerprint density at radius 3 is 2.54 bits per heavy atom. The van der Waals surface area contributed by atoms with Gasteiger partial charge in [-0.1, -0.05) is 42.8 Å². The molecule has 126 valence electrons. The summed E-state index contributed by atoms with van der Waals surface area (Å²) in [6.45, 7) is 4.18. The van der Waals surface area contributed by atoms with Crippen molar-refractivity contribution in [2.45, 2.75) is 26.3 Å². The van der Waals surface area contributed by atoms with Gasteiger partial charge in [0.1, 0.15) is 0 Å². The molecular weight excluding hydrogens is 320 g/mol. The van der Waals surface area contributed by atoms with Gasteiger partial charge in [0, 0.05) is 5.69 Å². The van der Waals surface area contributed by atoms with Crippen molar-refractivity contribution in [2.24, 2.45) is 0 Å². The summed E-state index contributed by atoms with van der Waals surface area (Å²) in [4.78, 5) is 11.6. The second kappa shape index (κ2) is 8.45. The highest BCUT2D eigenvalue weighted by molar-refractivity contribution is 7.80. The Labute approximate surface area is 148 Å². The number of hydrogen-bond acceptors (Lipinski definition) is 3. The topological polar surface area (TPSA) is 50.4 Å². The van der Waals surface area contributed by atoms with Crippen molar-refractivity contribution in [2.75, 3.05) is 12.4 Å². The van der Waals surface area contributed by atoms with Gasteiger partial charge in [0.05, 0.1) is 18.7 Å². The van der Waals surface area contributed by atoms with Crippen molar-refractivity contribution >= 4 is 29.0 Å². The molecule has 1 unspecified atom stereocenters. The normalized spacial score (nSPS) is 11.5. The molecule has 0 radical (unpaired) electrons. The summed E-state index contributed by atoms with van der Waals surface area (Å²) >= 11 is 5.40. The van der Waals surface area contributed by atoms with E-state index in [0.29, 0.717) is 10.7 Å². The second-order valence-corrected chi connectivity index (χ2v) is 5.95. The molecular formula is C19H22N2O2S. The number of carbonyl (C=O) groups is 1. The van der Waals surface area contributed by atoms with Crippen LogP contribution in [0.2, 0.25) is 0 Å². The number of benzene rings is 2. The third-order valence-corrected chi connectivity index (χ3v) is 3.95. The van der Waals surface area contributed by atoms with Crippen LogP contribution in [0.25, 0.3) is 0 Å². The van der Waals surface area contributed by atoms with E-state index < -0.39 is 0 Å². The minimum Gasteiger partial charge on any atom is -0.465 e. The predicted octanol–water partition coefficient (Wildman–Crippen LogP) is 4.22. The van der Waals surface area contributed by atoms with E-state index in [4.69, 9.17) is 17.0 Å². The average molecular weight is 342 g/mol. The number of anilines is 1. The van der Waals surface area contributed by atoms with Crippen LogP contribution in [0.5, 0.6) is 0 Å². The summed E-state index contributed by atoms with van der Waals surface area (Å²) in [5.41, 5.74) is 3.65. The number of nitrogens with one attached hydrogen (secondary N) is 2. The first-order valence-electron chi connectivity index (χ1n) is 7.86. The molecule has 1 atom stereocenters. The van der Waals surface area contributed by atoms with Gasteiger partial charge in [0.15, 0.2) is 5.11 Å². The van der Waals surface area contributed by atoms with E-state index in [1.165, 1.54) is 18.2 Å². The van der Waals surface area contributed by atoms with Gasteiger partial charge < -0.3 is 15.4 Å². The Kier molecular flexibility index (Phi) is 6.32. The van der Waals surface area contributed by atoms with Gasteiger partial charge in [-0.05, 0) is 49.3 Å². The highest BCUT2D eigenvalue weighted by Gasteiger charge is 2.11. The highest BCUT2D eigenvalue weighted by atomic mass is 32.1. The summed E-state index contributed by atoms with van der Waals surface area (Å²) in [7, 11) is 1.36. The Balaban J connectivity index is 2.04. The zero-order valence-corrected chi connectivity index (χ0v) is 14.9. The zero-order valence-electron chi connectivity index (χ0n) is 14.1. The molecule has 4 nitrogen and oxygen atoms in total. The lowest BCUT2D eigenvalue weighted by Gasteiger charge is -2.20. The maximum atomic E-state index is 11.6. The Bertz CT molecular complexity index is 714. The highest BCUT2D eigenvalue weighted by Crippen LogP contribution is 2.18. The molecule has 0 fully saturated rings. The van der Waals surface area contributed by atoms with Crippen LogP contribution in [0.1, 0.15) is 40.9 Å². The van der Waals surface area contributed by atoms with Gasteiger partial charge in [-0.3, -0.25) is 0 Å². The minimum atomic E-state index is -0.372. The van der Waals surface area contributed by atoms with Gasteiger partial charge in [-0.15, -0.1) is 0 Å². The first-order chi connectivity index (χ1) is 11.5. The standard InChI is InChI=1S/C19H22N2O2S/c1-4-17(14-10-8-13(2)9-11-14)21-19(24)20-16-7-5-6-15(12-16)18(22)23-3/h5-12,17H,4H2,1-3H3,(H2,20,21,24). The number of carbonyl (C=O) groups excluding carboxylic acids is 1. The molecule has 0 spiro atoms. The second-order valence-electron chi connectivity index (χ2n) is 5.54. The number of methoxy groups -OCH3 is 1. The van der Waals surface area contributed by atoms with E-state index in [-0.39, 0.29) is 12.0 Å². The number of hydrogen-bond donors (Lipinski definition) is 2. The summed E-state index contributed by atoms with van der Waals surface area (Å²) in [6.07, 6.45) is 0.910. The maximum Gasteiger partial charge on any atom is 0.337 e. The van der Waals surface area contributed by atoms with Gasteiger partial charge in [0.2, 0.25) is 0 Å². The smallest absolute Gasteiger partial charge is 0.337 e. The molecule has 0 heterocycles. The summed E-state index contributed by atoms with van der Waals surface area (Å²) in [5, 5.41) is 6.96. The van der Waals surface area contributed by atoms with Gasteiger partial charge in [-0.2, -0.15) is 0 Å². The van der Waals surface area contributed by atoms with E-state index in [2.05, 4.69) is 48.7 Å². The molecule has 0 aliphatic rings. The van der Waals surface area contributed by atoms with Crippen LogP contribution in [0.3, 0.4) is 0 Å². The van der Waals surface area contributed by atoms with Crippen LogP contribution in [-0.2, 0) is 4.74 Å². The lowest BCUT2D eigenvalue weighted by Crippen LogP contribution is -2.32. The van der Waals surface area contributed by atoms with Crippen molar-refractivity contribution in [3.63, 3.8) is 0 Å². The molecule has 0 aliphatic carbocycles.